The lowest BCUT2D eigenvalue weighted by molar-refractivity contribution is -0.115. The number of benzene rings is 2. The van der Waals surface area contributed by atoms with Crippen molar-refractivity contribution >= 4 is 35.0 Å². The van der Waals surface area contributed by atoms with Gasteiger partial charge in [0, 0.05) is 16.1 Å². The van der Waals surface area contributed by atoms with E-state index in [0.29, 0.717) is 5.02 Å². The predicted molar refractivity (Wildman–Crippen MR) is 81.8 cm³/mol. The molecule has 0 fully saturated rings. The molecule has 2 aromatic carbocycles. The van der Waals surface area contributed by atoms with Crippen molar-refractivity contribution in [1.29, 1.82) is 0 Å². The number of nitrogens with one attached hydrogen (secondary N) is 1. The summed E-state index contributed by atoms with van der Waals surface area (Å²) in [5, 5.41) is 3.54. The molecule has 1 unspecified atom stereocenters. The Morgan fingerprint density at radius 1 is 1.11 bits per heavy atom. The fraction of sp³-hybridized carbons (Fsp3) is 0.133. The van der Waals surface area contributed by atoms with Crippen molar-refractivity contribution in [2.45, 2.75) is 5.25 Å². The van der Waals surface area contributed by atoms with E-state index in [2.05, 4.69) is 5.32 Å². The molecule has 2 nitrogen and oxygen atoms in total. The van der Waals surface area contributed by atoms with Gasteiger partial charge in [-0.2, -0.15) is 0 Å². The van der Waals surface area contributed by atoms with Crippen LogP contribution in [0.1, 0.15) is 10.8 Å². The molecule has 1 N–H and O–H groups in total. The number of halogens is 1. The molecular formula is C15H12ClNOS. The molecule has 1 heterocycles. The van der Waals surface area contributed by atoms with E-state index < -0.39 is 0 Å². The fourth-order valence-corrected chi connectivity index (χ4v) is 3.36. The van der Waals surface area contributed by atoms with Crippen LogP contribution in [0.15, 0.2) is 42.5 Å². The Morgan fingerprint density at radius 3 is 2.58 bits per heavy atom. The zero-order valence-corrected chi connectivity index (χ0v) is 11.9. The summed E-state index contributed by atoms with van der Waals surface area (Å²) in [7, 11) is 0. The van der Waals surface area contributed by atoms with Gasteiger partial charge in [-0.05, 0) is 17.9 Å². The first-order valence-electron chi connectivity index (χ1n) is 5.94. The van der Waals surface area contributed by atoms with Crippen LogP contribution in [0.3, 0.4) is 0 Å². The largest absolute Gasteiger partial charge is 0.324 e. The van der Waals surface area contributed by atoms with Crippen molar-refractivity contribution in [3.8, 4) is 11.1 Å². The summed E-state index contributed by atoms with van der Waals surface area (Å²) in [6.45, 7) is 0. The average molecular weight is 290 g/mol. The number of carbonyl (C=O) groups is 1. The molecule has 0 aromatic heterocycles. The number of hydrogen-bond donors (Lipinski definition) is 1. The number of anilines is 1. The van der Waals surface area contributed by atoms with E-state index in [1.807, 2.05) is 48.7 Å². The molecule has 4 heteroatoms. The zero-order chi connectivity index (χ0) is 13.4. The lowest BCUT2D eigenvalue weighted by atomic mass is 10.0. The third-order valence-electron chi connectivity index (χ3n) is 3.27. The van der Waals surface area contributed by atoms with Crippen LogP contribution in [0.4, 0.5) is 5.69 Å². The highest BCUT2D eigenvalue weighted by molar-refractivity contribution is 7.99. The minimum Gasteiger partial charge on any atom is -0.324 e. The monoisotopic (exact) mass is 289 g/mol. The normalized spacial score (nSPS) is 17.2. The van der Waals surface area contributed by atoms with Gasteiger partial charge in [0.2, 0.25) is 5.91 Å². The molecule has 0 spiro atoms. The summed E-state index contributed by atoms with van der Waals surface area (Å²) in [5.41, 5.74) is 3.85. The van der Waals surface area contributed by atoms with Crippen molar-refractivity contribution in [2.75, 3.05) is 11.6 Å². The predicted octanol–water partition coefficient (Wildman–Crippen LogP) is 4.36. The smallest absolute Gasteiger partial charge is 0.242 e. The number of thioether (sulfide) groups is 1. The molecule has 2 aromatic rings. The Morgan fingerprint density at radius 2 is 1.84 bits per heavy atom. The first kappa shape index (κ1) is 12.6. The molecule has 0 aliphatic carbocycles. The lowest BCUT2D eigenvalue weighted by Gasteiger charge is -2.10. The van der Waals surface area contributed by atoms with Crippen molar-refractivity contribution in [1.82, 2.24) is 0 Å². The molecule has 0 radical (unpaired) electrons. The quantitative estimate of drug-likeness (QED) is 0.890. The van der Waals surface area contributed by atoms with Crippen molar-refractivity contribution < 1.29 is 4.79 Å². The highest BCUT2D eigenvalue weighted by Gasteiger charge is 2.31. The summed E-state index contributed by atoms with van der Waals surface area (Å²) in [5.74, 6) is 0.0435. The molecule has 0 bridgehead atoms. The Kier molecular flexibility index (Phi) is 3.25. The molecule has 1 aliphatic heterocycles. The van der Waals surface area contributed by atoms with Crippen molar-refractivity contribution in [2.24, 2.45) is 0 Å². The molecule has 1 aliphatic rings. The molecular weight excluding hydrogens is 278 g/mol. The van der Waals surface area contributed by atoms with E-state index in [0.717, 1.165) is 22.4 Å². The first-order chi connectivity index (χ1) is 9.22. The maximum absolute atomic E-state index is 12.0. The number of para-hydroxylation sites is 1. The van der Waals surface area contributed by atoms with Gasteiger partial charge in [0.15, 0.2) is 0 Å². The van der Waals surface area contributed by atoms with Gasteiger partial charge >= 0.3 is 0 Å². The van der Waals surface area contributed by atoms with Crippen LogP contribution < -0.4 is 5.32 Å². The van der Waals surface area contributed by atoms with Gasteiger partial charge in [-0.3, -0.25) is 4.79 Å². The molecule has 96 valence electrons. The second-order valence-corrected chi connectivity index (χ2v) is 5.70. The van der Waals surface area contributed by atoms with Gasteiger partial charge in [0.05, 0.1) is 5.69 Å². The van der Waals surface area contributed by atoms with Crippen LogP contribution in [-0.2, 0) is 4.79 Å². The Labute approximate surface area is 121 Å². The van der Waals surface area contributed by atoms with Crippen LogP contribution in [0.2, 0.25) is 5.02 Å². The SMILES string of the molecule is CSC1C(=O)Nc2c(-c3ccccc3Cl)cccc21. The second kappa shape index (κ2) is 4.91. The molecule has 0 saturated carbocycles. The summed E-state index contributed by atoms with van der Waals surface area (Å²) in [4.78, 5) is 12.0. The maximum atomic E-state index is 12.0. The molecule has 0 saturated heterocycles. The van der Waals surface area contributed by atoms with E-state index in [4.69, 9.17) is 11.6 Å². The number of carbonyl (C=O) groups excluding carboxylic acids is 1. The van der Waals surface area contributed by atoms with Crippen LogP contribution in [-0.4, -0.2) is 12.2 Å². The fourth-order valence-electron chi connectivity index (χ4n) is 2.40. The Balaban J connectivity index is 2.19. The summed E-state index contributed by atoms with van der Waals surface area (Å²) in [6, 6.07) is 13.6. The van der Waals surface area contributed by atoms with Crippen LogP contribution in [0.25, 0.3) is 11.1 Å². The minimum atomic E-state index is -0.127. The van der Waals surface area contributed by atoms with E-state index in [9.17, 15) is 4.79 Å². The van der Waals surface area contributed by atoms with E-state index >= 15 is 0 Å². The standard InChI is InChI=1S/C15H12ClNOS/c1-19-14-11-7-4-6-10(13(11)17-15(14)18)9-5-2-3-8-12(9)16/h2-8,14H,1H3,(H,17,18). The number of rotatable bonds is 2. The molecule has 3 rings (SSSR count). The van der Waals surface area contributed by atoms with Gasteiger partial charge in [0.1, 0.15) is 5.25 Å². The van der Waals surface area contributed by atoms with Gasteiger partial charge in [-0.1, -0.05) is 48.0 Å². The van der Waals surface area contributed by atoms with Crippen molar-refractivity contribution in [3.05, 3.63) is 53.1 Å². The first-order valence-corrected chi connectivity index (χ1v) is 7.60. The molecule has 1 atom stereocenters. The third kappa shape index (κ3) is 2.03. The van der Waals surface area contributed by atoms with Gasteiger partial charge in [0.25, 0.3) is 0 Å². The number of amides is 1. The average Bonchev–Trinajstić information content (AvgIpc) is 2.74. The third-order valence-corrected chi connectivity index (χ3v) is 4.53. The van der Waals surface area contributed by atoms with Gasteiger partial charge < -0.3 is 5.32 Å². The number of hydrogen-bond acceptors (Lipinski definition) is 2. The number of fused-ring (bicyclic) bond motifs is 1. The molecule has 1 amide bonds. The second-order valence-electron chi connectivity index (χ2n) is 4.35. The molecule has 19 heavy (non-hydrogen) atoms. The Bertz CT molecular complexity index is 656. The van der Waals surface area contributed by atoms with E-state index in [1.165, 1.54) is 0 Å². The minimum absolute atomic E-state index is 0.0435. The van der Waals surface area contributed by atoms with Crippen LogP contribution in [0.5, 0.6) is 0 Å². The van der Waals surface area contributed by atoms with Crippen LogP contribution >= 0.6 is 23.4 Å². The highest BCUT2D eigenvalue weighted by atomic mass is 35.5. The highest BCUT2D eigenvalue weighted by Crippen LogP contribution is 2.45. The lowest BCUT2D eigenvalue weighted by Crippen LogP contribution is -2.08. The zero-order valence-electron chi connectivity index (χ0n) is 10.3. The maximum Gasteiger partial charge on any atom is 0.242 e. The van der Waals surface area contributed by atoms with Gasteiger partial charge in [-0.15, -0.1) is 11.8 Å². The topological polar surface area (TPSA) is 29.1 Å². The van der Waals surface area contributed by atoms with Crippen molar-refractivity contribution in [3.63, 3.8) is 0 Å². The summed E-state index contributed by atoms with van der Waals surface area (Å²) < 4.78 is 0. The van der Waals surface area contributed by atoms with E-state index in [-0.39, 0.29) is 11.2 Å². The van der Waals surface area contributed by atoms with Crippen LogP contribution in [0, 0.1) is 0 Å². The summed E-state index contributed by atoms with van der Waals surface area (Å²) >= 11 is 7.80. The summed E-state index contributed by atoms with van der Waals surface area (Å²) in [6.07, 6.45) is 1.95. The Hall–Kier alpha value is -1.45. The van der Waals surface area contributed by atoms with Gasteiger partial charge in [-0.25, -0.2) is 0 Å². The van der Waals surface area contributed by atoms with E-state index in [1.54, 1.807) is 11.8 Å².